The Kier molecular flexibility index (Phi) is 8.42. The molecule has 2 N–H and O–H groups in total. The first-order chi connectivity index (χ1) is 16.9. The largest absolute Gasteiger partial charge is 0.330 e. The summed E-state index contributed by atoms with van der Waals surface area (Å²) in [6.07, 6.45) is 1.63. The minimum atomic E-state index is -0.184. The van der Waals surface area contributed by atoms with E-state index in [0.717, 1.165) is 39.0 Å². The number of fused-ring (bicyclic) bond motifs is 1. The van der Waals surface area contributed by atoms with Crippen LogP contribution in [0.4, 0.5) is 0 Å². The zero-order chi connectivity index (χ0) is 24.9. The molecule has 0 bridgehead atoms. The van der Waals surface area contributed by atoms with Crippen molar-refractivity contribution in [3.05, 3.63) is 86.3 Å². The maximum atomic E-state index is 14.0. The van der Waals surface area contributed by atoms with Gasteiger partial charge in [-0.2, -0.15) is 0 Å². The van der Waals surface area contributed by atoms with E-state index in [4.69, 9.17) is 10.7 Å². The number of halogens is 1. The number of benzene rings is 2. The van der Waals surface area contributed by atoms with Crippen molar-refractivity contribution in [2.75, 3.05) is 13.1 Å². The summed E-state index contributed by atoms with van der Waals surface area (Å²) in [6.45, 7) is 8.26. The summed E-state index contributed by atoms with van der Waals surface area (Å²) in [5, 5.41) is 0. The Morgan fingerprint density at radius 1 is 1.14 bits per heavy atom. The molecule has 5 nitrogen and oxygen atoms in total. The van der Waals surface area contributed by atoms with Gasteiger partial charge in [-0.05, 0) is 65.0 Å². The first-order valence-corrected chi connectivity index (χ1v) is 13.8. The molecule has 2 aromatic heterocycles. The van der Waals surface area contributed by atoms with Gasteiger partial charge in [-0.3, -0.25) is 4.79 Å². The normalized spacial score (nSPS) is 12.4. The summed E-state index contributed by atoms with van der Waals surface area (Å²) in [5.41, 5.74) is 9.14. The van der Waals surface area contributed by atoms with E-state index in [2.05, 4.69) is 71.6 Å². The first-order valence-electron chi connectivity index (χ1n) is 12.2. The molecular formula is C28H33BrN4OS. The lowest BCUT2D eigenvalue weighted by atomic mass is 10.0. The molecule has 1 atom stereocenters. The maximum Gasteiger partial charge on any atom is 0.264 e. The number of carbonyl (C=O) groups excluding carboxylic acids is 1. The molecule has 184 valence electrons. The lowest BCUT2D eigenvalue weighted by molar-refractivity contribution is 0.0610. The van der Waals surface area contributed by atoms with Crippen LogP contribution in [0.3, 0.4) is 0 Å². The number of hydrogen-bond acceptors (Lipinski definition) is 4. The van der Waals surface area contributed by atoms with Crippen LogP contribution in [0.2, 0.25) is 0 Å². The van der Waals surface area contributed by atoms with Crippen molar-refractivity contribution in [2.45, 2.75) is 46.2 Å². The fraction of sp³-hybridized carbons (Fsp3) is 0.357. The average molecular weight is 554 g/mol. The van der Waals surface area contributed by atoms with Gasteiger partial charge in [0, 0.05) is 22.4 Å². The quantitative estimate of drug-likeness (QED) is 0.239. The van der Waals surface area contributed by atoms with Crippen molar-refractivity contribution in [1.29, 1.82) is 0 Å². The van der Waals surface area contributed by atoms with Crippen LogP contribution in [-0.2, 0) is 13.0 Å². The summed E-state index contributed by atoms with van der Waals surface area (Å²) in [5.74, 6) is 1.12. The van der Waals surface area contributed by atoms with Crippen LogP contribution < -0.4 is 5.73 Å². The number of nitrogens with two attached hydrogens (primary N) is 1. The molecule has 7 heteroatoms. The van der Waals surface area contributed by atoms with E-state index >= 15 is 0 Å². The SMILES string of the molecule is CCc1sc(C(=O)N(CCCN)C(c2nc3ccccc3n2Cc2ccccc2)C(C)C)cc1Br. The van der Waals surface area contributed by atoms with Crippen LogP contribution >= 0.6 is 27.3 Å². The van der Waals surface area contributed by atoms with E-state index in [9.17, 15) is 4.79 Å². The van der Waals surface area contributed by atoms with Gasteiger partial charge < -0.3 is 15.2 Å². The Labute approximate surface area is 220 Å². The average Bonchev–Trinajstić information content (AvgIpc) is 3.41. The summed E-state index contributed by atoms with van der Waals surface area (Å²) in [4.78, 5) is 23.0. The van der Waals surface area contributed by atoms with Gasteiger partial charge in [-0.1, -0.05) is 63.2 Å². The number of carbonyl (C=O) groups is 1. The molecule has 35 heavy (non-hydrogen) atoms. The molecule has 0 spiro atoms. The monoisotopic (exact) mass is 552 g/mol. The van der Waals surface area contributed by atoms with E-state index in [0.29, 0.717) is 19.6 Å². The Morgan fingerprint density at radius 2 is 1.86 bits per heavy atom. The number of rotatable bonds is 10. The van der Waals surface area contributed by atoms with Crippen molar-refractivity contribution in [2.24, 2.45) is 11.7 Å². The Morgan fingerprint density at radius 3 is 2.51 bits per heavy atom. The van der Waals surface area contributed by atoms with Gasteiger partial charge in [0.15, 0.2) is 0 Å². The molecule has 2 heterocycles. The summed E-state index contributed by atoms with van der Waals surface area (Å²) in [7, 11) is 0. The highest BCUT2D eigenvalue weighted by atomic mass is 79.9. The van der Waals surface area contributed by atoms with Crippen molar-refractivity contribution in [1.82, 2.24) is 14.5 Å². The molecule has 4 rings (SSSR count). The third-order valence-electron chi connectivity index (χ3n) is 6.25. The van der Waals surface area contributed by atoms with Crippen LogP contribution in [0.15, 0.2) is 65.1 Å². The molecule has 0 saturated heterocycles. The minimum absolute atomic E-state index is 0.0425. The molecule has 2 aromatic carbocycles. The highest BCUT2D eigenvalue weighted by molar-refractivity contribution is 9.10. The van der Waals surface area contributed by atoms with Gasteiger partial charge in [0.05, 0.1) is 22.0 Å². The molecule has 0 aliphatic heterocycles. The van der Waals surface area contributed by atoms with Gasteiger partial charge in [0.1, 0.15) is 5.82 Å². The second-order valence-corrected chi connectivity index (χ2v) is 11.1. The second-order valence-electron chi connectivity index (χ2n) is 9.10. The van der Waals surface area contributed by atoms with Gasteiger partial charge in [-0.25, -0.2) is 4.98 Å². The maximum absolute atomic E-state index is 14.0. The number of imidazole rings is 1. The van der Waals surface area contributed by atoms with Crippen LogP contribution in [0.1, 0.15) is 59.2 Å². The van der Waals surface area contributed by atoms with Crippen molar-refractivity contribution in [3.63, 3.8) is 0 Å². The lowest BCUT2D eigenvalue weighted by Crippen LogP contribution is -2.40. The van der Waals surface area contributed by atoms with E-state index in [1.807, 2.05) is 35.2 Å². The molecule has 0 radical (unpaired) electrons. The van der Waals surface area contributed by atoms with E-state index < -0.39 is 0 Å². The predicted octanol–water partition coefficient (Wildman–Crippen LogP) is 6.66. The van der Waals surface area contributed by atoms with Crippen molar-refractivity contribution < 1.29 is 4.79 Å². The highest BCUT2D eigenvalue weighted by Crippen LogP contribution is 2.35. The number of amides is 1. The number of aryl methyl sites for hydroxylation is 1. The summed E-state index contributed by atoms with van der Waals surface area (Å²) >= 11 is 5.20. The zero-order valence-corrected chi connectivity index (χ0v) is 23.0. The molecule has 0 fully saturated rings. The molecule has 0 saturated carbocycles. The van der Waals surface area contributed by atoms with Crippen molar-refractivity contribution in [3.8, 4) is 0 Å². The topological polar surface area (TPSA) is 64.2 Å². The number of para-hydroxylation sites is 2. The van der Waals surface area contributed by atoms with Gasteiger partial charge in [-0.15, -0.1) is 11.3 Å². The molecular weight excluding hydrogens is 520 g/mol. The second kappa shape index (κ2) is 11.5. The standard InChI is InChI=1S/C28H33BrN4OS/c1-4-24-21(29)17-25(35-24)28(34)32(16-10-15-30)26(19(2)3)27-31-22-13-8-9-14-23(22)33(27)18-20-11-6-5-7-12-20/h5-9,11-14,17,19,26H,4,10,15-16,18,30H2,1-3H3. The van der Waals surface area contributed by atoms with Crippen LogP contribution in [0.5, 0.6) is 0 Å². The Balaban J connectivity index is 1.83. The predicted molar refractivity (Wildman–Crippen MR) is 149 cm³/mol. The molecule has 0 aliphatic carbocycles. The van der Waals surface area contributed by atoms with Crippen molar-refractivity contribution >= 4 is 44.2 Å². The van der Waals surface area contributed by atoms with Crippen LogP contribution in [0, 0.1) is 5.92 Å². The smallest absolute Gasteiger partial charge is 0.264 e. The van der Waals surface area contributed by atoms with E-state index in [1.165, 1.54) is 10.4 Å². The highest BCUT2D eigenvalue weighted by Gasteiger charge is 2.33. The number of hydrogen-bond donors (Lipinski definition) is 1. The van der Waals surface area contributed by atoms with Gasteiger partial charge >= 0.3 is 0 Å². The summed E-state index contributed by atoms with van der Waals surface area (Å²) in [6, 6.07) is 20.4. The Bertz CT molecular complexity index is 1280. The third-order valence-corrected chi connectivity index (χ3v) is 8.49. The zero-order valence-electron chi connectivity index (χ0n) is 20.6. The molecule has 1 unspecified atom stereocenters. The fourth-order valence-corrected chi connectivity index (χ4v) is 6.42. The number of thiophene rings is 1. The molecule has 1 amide bonds. The van der Waals surface area contributed by atoms with Crippen LogP contribution in [0.25, 0.3) is 11.0 Å². The fourth-order valence-electron chi connectivity index (χ4n) is 4.57. The van der Waals surface area contributed by atoms with E-state index in [-0.39, 0.29) is 17.9 Å². The Hall–Kier alpha value is -2.48. The summed E-state index contributed by atoms with van der Waals surface area (Å²) < 4.78 is 3.28. The lowest BCUT2D eigenvalue weighted by Gasteiger charge is -2.34. The first kappa shape index (κ1) is 25.6. The van der Waals surface area contributed by atoms with E-state index in [1.54, 1.807) is 11.3 Å². The number of aromatic nitrogens is 2. The van der Waals surface area contributed by atoms with Gasteiger partial charge in [0.25, 0.3) is 5.91 Å². The van der Waals surface area contributed by atoms with Gasteiger partial charge in [0.2, 0.25) is 0 Å². The molecule has 0 aliphatic rings. The number of nitrogens with zero attached hydrogens (tertiary/aromatic N) is 3. The van der Waals surface area contributed by atoms with Crippen LogP contribution in [-0.4, -0.2) is 33.4 Å². The molecule has 4 aromatic rings. The minimum Gasteiger partial charge on any atom is -0.330 e. The third kappa shape index (κ3) is 5.52.